The number of anilines is 1. The van der Waals surface area contributed by atoms with E-state index < -0.39 is 5.82 Å². The van der Waals surface area contributed by atoms with Crippen LogP contribution in [-0.4, -0.2) is 42.9 Å². The van der Waals surface area contributed by atoms with Crippen LogP contribution in [0.3, 0.4) is 0 Å². The quantitative estimate of drug-likeness (QED) is 0.811. The van der Waals surface area contributed by atoms with Gasteiger partial charge in [-0.3, -0.25) is 4.79 Å². The Hall–Kier alpha value is -2.60. The first-order valence-electron chi connectivity index (χ1n) is 8.76. The van der Waals surface area contributed by atoms with Crippen LogP contribution in [-0.2, 0) is 6.54 Å². The Morgan fingerprint density at radius 2 is 1.74 bits per heavy atom. The number of Topliss-reactive ketones (excluding diaryl/α,β-unsaturated/α-hetero) is 1. The number of halogens is 2. The van der Waals surface area contributed by atoms with Gasteiger partial charge in [-0.05, 0) is 42.8 Å². The number of piperazine rings is 1. The van der Waals surface area contributed by atoms with Gasteiger partial charge in [0.2, 0.25) is 0 Å². The lowest BCUT2D eigenvalue weighted by atomic mass is 10.1. The zero-order chi connectivity index (χ0) is 19.4. The Morgan fingerprint density at radius 3 is 2.33 bits per heavy atom. The lowest BCUT2D eigenvalue weighted by Crippen LogP contribution is -2.51. The first-order valence-corrected chi connectivity index (χ1v) is 9.14. The Kier molecular flexibility index (Phi) is 5.96. The topological polar surface area (TPSA) is 52.7 Å². The number of urea groups is 1. The first kappa shape index (κ1) is 19.2. The van der Waals surface area contributed by atoms with Gasteiger partial charge < -0.3 is 15.1 Å². The van der Waals surface area contributed by atoms with Crippen molar-refractivity contribution in [3.05, 3.63) is 64.4 Å². The minimum atomic E-state index is -0.414. The van der Waals surface area contributed by atoms with Crippen LogP contribution in [0.15, 0.2) is 42.5 Å². The average molecular weight is 390 g/mol. The molecule has 2 aromatic rings. The van der Waals surface area contributed by atoms with Crippen LogP contribution in [0.25, 0.3) is 0 Å². The fourth-order valence-electron chi connectivity index (χ4n) is 3.02. The van der Waals surface area contributed by atoms with Crippen molar-refractivity contribution in [3.8, 4) is 0 Å². The second-order valence-corrected chi connectivity index (χ2v) is 6.92. The van der Waals surface area contributed by atoms with E-state index in [9.17, 15) is 14.0 Å². The van der Waals surface area contributed by atoms with Crippen LogP contribution >= 0.6 is 11.6 Å². The SMILES string of the molecule is CC(=O)c1ccc(N2CCN(C(=O)NCc3ccc(Cl)cc3)CC2)c(F)c1. The third kappa shape index (κ3) is 4.77. The summed E-state index contributed by atoms with van der Waals surface area (Å²) in [7, 11) is 0. The summed E-state index contributed by atoms with van der Waals surface area (Å²) >= 11 is 5.85. The molecule has 3 rings (SSSR count). The molecule has 1 heterocycles. The highest BCUT2D eigenvalue weighted by molar-refractivity contribution is 6.30. The van der Waals surface area contributed by atoms with Crippen LogP contribution in [0.2, 0.25) is 5.02 Å². The van der Waals surface area contributed by atoms with Crippen molar-refractivity contribution in [2.45, 2.75) is 13.5 Å². The fourth-order valence-corrected chi connectivity index (χ4v) is 3.15. The third-order valence-corrected chi connectivity index (χ3v) is 4.87. The summed E-state index contributed by atoms with van der Waals surface area (Å²) in [6, 6.07) is 11.7. The number of nitrogens with one attached hydrogen (secondary N) is 1. The summed E-state index contributed by atoms with van der Waals surface area (Å²) < 4.78 is 14.3. The molecule has 2 aromatic carbocycles. The van der Waals surface area contributed by atoms with Gasteiger partial charge in [0.1, 0.15) is 5.82 Å². The maximum atomic E-state index is 14.3. The maximum absolute atomic E-state index is 14.3. The molecular weight excluding hydrogens is 369 g/mol. The van der Waals surface area contributed by atoms with Crippen molar-refractivity contribution in [3.63, 3.8) is 0 Å². The van der Waals surface area contributed by atoms with Gasteiger partial charge in [-0.1, -0.05) is 23.7 Å². The van der Waals surface area contributed by atoms with Gasteiger partial charge in [0.15, 0.2) is 5.78 Å². The summed E-state index contributed by atoms with van der Waals surface area (Å²) in [6.45, 7) is 3.91. The molecule has 1 N–H and O–H groups in total. The highest BCUT2D eigenvalue weighted by atomic mass is 35.5. The Labute approximate surface area is 162 Å². The molecule has 0 saturated carbocycles. The van der Waals surface area contributed by atoms with Crippen molar-refractivity contribution in [1.82, 2.24) is 10.2 Å². The molecule has 27 heavy (non-hydrogen) atoms. The number of ketones is 1. The van der Waals surface area contributed by atoms with E-state index in [1.165, 1.54) is 13.0 Å². The average Bonchev–Trinajstić information content (AvgIpc) is 2.67. The highest BCUT2D eigenvalue weighted by Gasteiger charge is 2.23. The van der Waals surface area contributed by atoms with Crippen LogP contribution in [0.1, 0.15) is 22.8 Å². The second kappa shape index (κ2) is 8.39. The highest BCUT2D eigenvalue weighted by Crippen LogP contribution is 2.22. The van der Waals surface area contributed by atoms with Gasteiger partial charge in [0.25, 0.3) is 0 Å². The molecule has 1 fully saturated rings. The van der Waals surface area contributed by atoms with E-state index in [-0.39, 0.29) is 11.8 Å². The smallest absolute Gasteiger partial charge is 0.317 e. The summed E-state index contributed by atoms with van der Waals surface area (Å²) in [4.78, 5) is 27.3. The summed E-state index contributed by atoms with van der Waals surface area (Å²) in [5, 5.41) is 3.55. The molecule has 0 unspecified atom stereocenters. The Balaban J connectivity index is 1.53. The zero-order valence-electron chi connectivity index (χ0n) is 15.0. The van der Waals surface area contributed by atoms with Gasteiger partial charge in [-0.15, -0.1) is 0 Å². The van der Waals surface area contributed by atoms with Gasteiger partial charge in [-0.25, -0.2) is 9.18 Å². The number of hydrogen-bond donors (Lipinski definition) is 1. The van der Waals surface area contributed by atoms with Crippen molar-refractivity contribution in [1.29, 1.82) is 0 Å². The van der Waals surface area contributed by atoms with Crippen LogP contribution in [0.5, 0.6) is 0 Å². The van der Waals surface area contributed by atoms with Crippen molar-refractivity contribution >= 4 is 29.1 Å². The summed E-state index contributed by atoms with van der Waals surface area (Å²) in [6.07, 6.45) is 0. The van der Waals surface area contributed by atoms with Gasteiger partial charge in [0.05, 0.1) is 5.69 Å². The monoisotopic (exact) mass is 389 g/mol. The predicted octanol–water partition coefficient (Wildman–Crippen LogP) is 3.71. The molecule has 0 radical (unpaired) electrons. The number of carbonyl (C=O) groups is 2. The number of benzene rings is 2. The van der Waals surface area contributed by atoms with Crippen LogP contribution in [0.4, 0.5) is 14.9 Å². The Morgan fingerprint density at radius 1 is 1.07 bits per heavy atom. The molecule has 0 bridgehead atoms. The number of carbonyl (C=O) groups excluding carboxylic acids is 2. The maximum Gasteiger partial charge on any atom is 0.317 e. The molecule has 0 aromatic heterocycles. The van der Waals surface area contributed by atoms with Crippen molar-refractivity contribution < 1.29 is 14.0 Å². The van der Waals surface area contributed by atoms with E-state index in [2.05, 4.69) is 5.32 Å². The summed E-state index contributed by atoms with van der Waals surface area (Å²) in [5.74, 6) is -0.578. The molecule has 142 valence electrons. The number of amides is 2. The lowest BCUT2D eigenvalue weighted by Gasteiger charge is -2.36. The van der Waals surface area contributed by atoms with E-state index in [1.807, 2.05) is 17.0 Å². The number of hydrogen-bond acceptors (Lipinski definition) is 3. The van der Waals surface area contributed by atoms with Gasteiger partial charge >= 0.3 is 6.03 Å². The first-order chi connectivity index (χ1) is 12.9. The minimum absolute atomic E-state index is 0.142. The largest absolute Gasteiger partial charge is 0.366 e. The Bertz CT molecular complexity index is 834. The second-order valence-electron chi connectivity index (χ2n) is 6.48. The van der Waals surface area contributed by atoms with E-state index in [1.54, 1.807) is 29.2 Å². The molecule has 2 amide bonds. The minimum Gasteiger partial charge on any atom is -0.366 e. The number of rotatable bonds is 4. The molecule has 1 aliphatic rings. The molecule has 0 aliphatic carbocycles. The van der Waals surface area contributed by atoms with Gasteiger partial charge in [0, 0.05) is 43.3 Å². The fraction of sp³-hybridized carbons (Fsp3) is 0.300. The van der Waals surface area contributed by atoms with Crippen molar-refractivity contribution in [2.75, 3.05) is 31.1 Å². The molecule has 0 atom stereocenters. The van der Waals surface area contributed by atoms with Crippen molar-refractivity contribution in [2.24, 2.45) is 0 Å². The van der Waals surface area contributed by atoms with E-state index in [0.29, 0.717) is 49.0 Å². The zero-order valence-corrected chi connectivity index (χ0v) is 15.8. The molecule has 7 heteroatoms. The molecular formula is C20H21ClFN3O2. The lowest BCUT2D eigenvalue weighted by molar-refractivity contribution is 0.101. The van der Waals surface area contributed by atoms with Gasteiger partial charge in [-0.2, -0.15) is 0 Å². The third-order valence-electron chi connectivity index (χ3n) is 4.62. The summed E-state index contributed by atoms with van der Waals surface area (Å²) in [5.41, 5.74) is 1.79. The number of nitrogens with zero attached hydrogens (tertiary/aromatic N) is 2. The molecule has 1 aliphatic heterocycles. The van der Waals surface area contributed by atoms with Crippen LogP contribution in [0, 0.1) is 5.82 Å². The molecule has 0 spiro atoms. The van der Waals surface area contributed by atoms with E-state index in [0.717, 1.165) is 5.56 Å². The predicted molar refractivity (Wildman–Crippen MR) is 104 cm³/mol. The molecule has 5 nitrogen and oxygen atoms in total. The van der Waals surface area contributed by atoms with E-state index in [4.69, 9.17) is 11.6 Å². The molecule has 1 saturated heterocycles. The normalized spacial score (nSPS) is 14.2. The van der Waals surface area contributed by atoms with Crippen LogP contribution < -0.4 is 10.2 Å². The standard InChI is InChI=1S/C20H21ClFN3O2/c1-14(26)16-4-7-19(18(22)12-16)24-8-10-25(11-9-24)20(27)23-13-15-2-5-17(21)6-3-15/h2-7,12H,8-11,13H2,1H3,(H,23,27). The van der Waals surface area contributed by atoms with E-state index >= 15 is 0 Å².